The van der Waals surface area contributed by atoms with E-state index in [1.807, 2.05) is 13.8 Å². The summed E-state index contributed by atoms with van der Waals surface area (Å²) in [6.45, 7) is 4.76. The highest BCUT2D eigenvalue weighted by atomic mass is 35.5. The van der Waals surface area contributed by atoms with Gasteiger partial charge in [0.1, 0.15) is 5.88 Å². The lowest BCUT2D eigenvalue weighted by Crippen LogP contribution is -2.31. The van der Waals surface area contributed by atoms with Crippen LogP contribution in [-0.4, -0.2) is 35.0 Å². The fourth-order valence-electron chi connectivity index (χ4n) is 0.668. The summed E-state index contributed by atoms with van der Waals surface area (Å²) in [6, 6.07) is 0. The second-order valence-corrected chi connectivity index (χ2v) is 4.99. The summed E-state index contributed by atoms with van der Waals surface area (Å²) in [6.07, 6.45) is 0.870. The minimum Gasteiger partial charge on any atom is -0.345 e. The molecule has 0 radical (unpaired) electrons. The van der Waals surface area contributed by atoms with Crippen LogP contribution < -0.4 is 0 Å². The largest absolute Gasteiger partial charge is 0.345 e. The van der Waals surface area contributed by atoms with Crippen molar-refractivity contribution < 1.29 is 4.79 Å². The molecule has 4 heteroatoms. The molecule has 0 aromatic rings. The first-order chi connectivity index (χ1) is 5.37. The number of amides is 1. The third kappa shape index (κ3) is 5.72. The molecule has 0 rings (SSSR count). The molecule has 12 heavy (non-hydrogen) atoms. The van der Waals surface area contributed by atoms with E-state index in [1.165, 1.54) is 0 Å². The molecule has 0 aromatic heterocycles. The van der Waals surface area contributed by atoms with Gasteiger partial charge in [-0.3, -0.25) is 4.79 Å². The van der Waals surface area contributed by atoms with Crippen molar-refractivity contribution in [2.24, 2.45) is 0 Å². The Morgan fingerprint density at radius 3 is 2.42 bits per heavy atom. The van der Waals surface area contributed by atoms with Gasteiger partial charge in [-0.05, 0) is 6.42 Å². The number of thiol groups is 1. The summed E-state index contributed by atoms with van der Waals surface area (Å²) in [5.74, 6) is 0.0259. The molecule has 0 bridgehead atoms. The molecule has 0 N–H and O–H groups in total. The molecule has 1 amide bonds. The Balaban J connectivity index is 3.72. The predicted molar refractivity (Wildman–Crippen MR) is 56.0 cm³/mol. The van der Waals surface area contributed by atoms with Crippen LogP contribution in [0.2, 0.25) is 0 Å². The number of carbonyl (C=O) groups is 1. The monoisotopic (exact) mass is 209 g/mol. The standard InChI is InChI=1S/C8H16ClNOS/c1-8(2,12)4-5-10(3)7(11)6-9/h12H,4-6H2,1-3H3. The maximum atomic E-state index is 11.0. The first-order valence-corrected chi connectivity index (χ1v) is 4.87. The van der Waals surface area contributed by atoms with E-state index >= 15 is 0 Å². The number of hydrogen-bond donors (Lipinski definition) is 1. The highest BCUT2D eigenvalue weighted by molar-refractivity contribution is 7.81. The quantitative estimate of drug-likeness (QED) is 0.553. The normalized spacial score (nSPS) is 11.4. The van der Waals surface area contributed by atoms with Gasteiger partial charge in [0.15, 0.2) is 0 Å². The van der Waals surface area contributed by atoms with Crippen molar-refractivity contribution in [2.45, 2.75) is 25.0 Å². The van der Waals surface area contributed by atoms with Crippen molar-refractivity contribution in [1.29, 1.82) is 0 Å². The van der Waals surface area contributed by atoms with Crippen LogP contribution in [0, 0.1) is 0 Å². The molecule has 0 aliphatic carbocycles. The minimum atomic E-state index is -0.0331. The van der Waals surface area contributed by atoms with Crippen molar-refractivity contribution in [3.05, 3.63) is 0 Å². The molecule has 0 fully saturated rings. The summed E-state index contributed by atoms with van der Waals surface area (Å²) in [4.78, 5) is 12.6. The number of hydrogen-bond acceptors (Lipinski definition) is 2. The Kier molecular flexibility index (Phi) is 5.02. The van der Waals surface area contributed by atoms with Gasteiger partial charge in [-0.1, -0.05) is 13.8 Å². The van der Waals surface area contributed by atoms with Crippen LogP contribution in [0.4, 0.5) is 0 Å². The van der Waals surface area contributed by atoms with Crippen LogP contribution in [0.3, 0.4) is 0 Å². The Hall–Kier alpha value is 0.110. The number of alkyl halides is 1. The lowest BCUT2D eigenvalue weighted by molar-refractivity contribution is -0.127. The zero-order valence-electron chi connectivity index (χ0n) is 7.80. The molecule has 2 nitrogen and oxygen atoms in total. The smallest absolute Gasteiger partial charge is 0.237 e. The van der Waals surface area contributed by atoms with Gasteiger partial charge in [0.05, 0.1) is 0 Å². The van der Waals surface area contributed by atoms with Gasteiger partial charge in [-0.2, -0.15) is 12.6 Å². The number of rotatable bonds is 4. The Morgan fingerprint density at radius 1 is 1.58 bits per heavy atom. The molecule has 0 heterocycles. The molecular weight excluding hydrogens is 194 g/mol. The molecule has 0 aromatic carbocycles. The summed E-state index contributed by atoms with van der Waals surface area (Å²) >= 11 is 9.74. The average Bonchev–Trinajstić information content (AvgIpc) is 1.97. The molecule has 0 aliphatic rings. The highest BCUT2D eigenvalue weighted by Crippen LogP contribution is 2.16. The van der Waals surface area contributed by atoms with Crippen LogP contribution in [0.15, 0.2) is 0 Å². The molecule has 0 unspecified atom stereocenters. The lowest BCUT2D eigenvalue weighted by atomic mass is 10.1. The Bertz CT molecular complexity index is 156. The molecule has 0 atom stereocenters. The van der Waals surface area contributed by atoms with E-state index in [0.717, 1.165) is 6.42 Å². The second-order valence-electron chi connectivity index (χ2n) is 3.51. The van der Waals surface area contributed by atoms with E-state index in [0.29, 0.717) is 6.54 Å². The van der Waals surface area contributed by atoms with E-state index in [9.17, 15) is 4.79 Å². The van der Waals surface area contributed by atoms with Gasteiger partial charge in [-0.25, -0.2) is 0 Å². The van der Waals surface area contributed by atoms with E-state index in [1.54, 1.807) is 11.9 Å². The van der Waals surface area contributed by atoms with Crippen molar-refractivity contribution in [1.82, 2.24) is 4.90 Å². The molecule has 0 spiro atoms. The average molecular weight is 210 g/mol. The van der Waals surface area contributed by atoms with Crippen LogP contribution >= 0.6 is 24.2 Å². The van der Waals surface area contributed by atoms with Gasteiger partial charge in [-0.15, -0.1) is 11.6 Å². The summed E-state index contributed by atoms with van der Waals surface area (Å²) in [5, 5.41) is 0. The van der Waals surface area contributed by atoms with E-state index in [4.69, 9.17) is 11.6 Å². The molecule has 0 saturated heterocycles. The summed E-state index contributed by atoms with van der Waals surface area (Å²) < 4.78 is -0.0269. The second kappa shape index (κ2) is 4.97. The number of halogens is 1. The van der Waals surface area contributed by atoms with Crippen molar-refractivity contribution in [3.8, 4) is 0 Å². The Labute approximate surface area is 84.7 Å². The van der Waals surface area contributed by atoms with E-state index in [-0.39, 0.29) is 16.5 Å². The van der Waals surface area contributed by atoms with Crippen LogP contribution in [0.25, 0.3) is 0 Å². The van der Waals surface area contributed by atoms with Gasteiger partial charge in [0.25, 0.3) is 0 Å². The molecule has 0 saturated carbocycles. The van der Waals surface area contributed by atoms with Crippen molar-refractivity contribution in [2.75, 3.05) is 19.5 Å². The zero-order valence-corrected chi connectivity index (χ0v) is 9.45. The number of carbonyl (C=O) groups excluding carboxylic acids is 1. The Morgan fingerprint density at radius 2 is 2.08 bits per heavy atom. The summed E-state index contributed by atoms with van der Waals surface area (Å²) in [7, 11) is 1.75. The first kappa shape index (κ1) is 12.1. The SMILES string of the molecule is CN(CCC(C)(C)S)C(=O)CCl. The molecule has 0 aliphatic heterocycles. The zero-order chi connectivity index (χ0) is 9.78. The third-order valence-corrected chi connectivity index (χ3v) is 2.05. The van der Waals surface area contributed by atoms with Gasteiger partial charge in [0.2, 0.25) is 5.91 Å². The van der Waals surface area contributed by atoms with Crippen LogP contribution in [0.5, 0.6) is 0 Å². The maximum absolute atomic E-state index is 11.0. The highest BCUT2D eigenvalue weighted by Gasteiger charge is 2.14. The first-order valence-electron chi connectivity index (χ1n) is 3.89. The van der Waals surface area contributed by atoms with Gasteiger partial charge < -0.3 is 4.90 Å². The topological polar surface area (TPSA) is 20.3 Å². The minimum absolute atomic E-state index is 0.0269. The van der Waals surface area contributed by atoms with E-state index < -0.39 is 0 Å². The fraction of sp³-hybridized carbons (Fsp3) is 0.875. The lowest BCUT2D eigenvalue weighted by Gasteiger charge is -2.22. The third-order valence-electron chi connectivity index (χ3n) is 1.60. The fourth-order valence-corrected chi connectivity index (χ4v) is 0.972. The maximum Gasteiger partial charge on any atom is 0.237 e. The van der Waals surface area contributed by atoms with Crippen LogP contribution in [-0.2, 0) is 4.79 Å². The summed E-state index contributed by atoms with van der Waals surface area (Å²) in [5.41, 5.74) is 0. The van der Waals surface area contributed by atoms with Gasteiger partial charge >= 0.3 is 0 Å². The van der Waals surface area contributed by atoms with Crippen LogP contribution in [0.1, 0.15) is 20.3 Å². The number of nitrogens with zero attached hydrogens (tertiary/aromatic N) is 1. The molecule has 72 valence electrons. The predicted octanol–water partition coefficient (Wildman–Crippen LogP) is 1.78. The molecular formula is C8H16ClNOS. The van der Waals surface area contributed by atoms with Crippen molar-refractivity contribution >= 4 is 30.1 Å². The van der Waals surface area contributed by atoms with Gasteiger partial charge in [0, 0.05) is 18.3 Å². The van der Waals surface area contributed by atoms with Crippen molar-refractivity contribution in [3.63, 3.8) is 0 Å². The van der Waals surface area contributed by atoms with E-state index in [2.05, 4.69) is 12.6 Å².